The van der Waals surface area contributed by atoms with E-state index in [0.717, 1.165) is 0 Å². The van der Waals surface area contributed by atoms with Crippen LogP contribution in [0.15, 0.2) is 10.9 Å². The quantitative estimate of drug-likeness (QED) is 0.781. The van der Waals surface area contributed by atoms with Crippen LogP contribution in [0, 0.1) is 11.3 Å². The molecule has 90 valence electrons. The molecule has 1 aromatic rings. The van der Waals surface area contributed by atoms with Gasteiger partial charge in [-0.25, -0.2) is 4.79 Å². The highest BCUT2D eigenvalue weighted by atomic mass is 16.5. The third kappa shape index (κ3) is 2.84. The number of nitrogens with one attached hydrogen (secondary N) is 1. The van der Waals surface area contributed by atoms with Crippen molar-refractivity contribution in [3.8, 4) is 11.9 Å². The standard InChI is InChI=1S/C11H12N2O4/c1-3-16-10-7(6-12)5-8(9(14)13-10)11(15)17-4-2/h5H,3-4H2,1-2H3,(H,13,14). The highest BCUT2D eigenvalue weighted by Crippen LogP contribution is 2.13. The molecule has 6 heteroatoms. The van der Waals surface area contributed by atoms with Crippen LogP contribution in [0.2, 0.25) is 0 Å². The normalized spacial score (nSPS) is 9.47. The van der Waals surface area contributed by atoms with Gasteiger partial charge in [0.15, 0.2) is 0 Å². The van der Waals surface area contributed by atoms with Gasteiger partial charge >= 0.3 is 5.97 Å². The van der Waals surface area contributed by atoms with E-state index in [4.69, 9.17) is 14.7 Å². The van der Waals surface area contributed by atoms with Gasteiger partial charge in [-0.2, -0.15) is 5.26 Å². The Morgan fingerprint density at radius 2 is 2.18 bits per heavy atom. The van der Waals surface area contributed by atoms with Crippen molar-refractivity contribution in [2.45, 2.75) is 13.8 Å². The van der Waals surface area contributed by atoms with Crippen molar-refractivity contribution >= 4 is 5.97 Å². The smallest absolute Gasteiger partial charge is 0.343 e. The van der Waals surface area contributed by atoms with E-state index in [1.165, 1.54) is 6.07 Å². The summed E-state index contributed by atoms with van der Waals surface area (Å²) < 4.78 is 9.77. The number of carbonyl (C=O) groups is 1. The van der Waals surface area contributed by atoms with Gasteiger partial charge in [-0.15, -0.1) is 0 Å². The van der Waals surface area contributed by atoms with Gasteiger partial charge in [0.2, 0.25) is 5.88 Å². The Labute approximate surface area is 97.8 Å². The van der Waals surface area contributed by atoms with Gasteiger partial charge in [-0.1, -0.05) is 0 Å². The fourth-order valence-electron chi connectivity index (χ4n) is 1.21. The molecule has 0 aliphatic carbocycles. The largest absolute Gasteiger partial charge is 0.478 e. The molecule has 6 nitrogen and oxygen atoms in total. The van der Waals surface area contributed by atoms with Crippen LogP contribution in [-0.2, 0) is 4.74 Å². The fraction of sp³-hybridized carbons (Fsp3) is 0.364. The SMILES string of the molecule is CCOC(=O)c1cc(C#N)c(OCC)[nH]c1=O. The van der Waals surface area contributed by atoms with E-state index in [9.17, 15) is 9.59 Å². The topological polar surface area (TPSA) is 92.2 Å². The lowest BCUT2D eigenvalue weighted by molar-refractivity contribution is 0.0524. The van der Waals surface area contributed by atoms with Crippen molar-refractivity contribution in [2.24, 2.45) is 0 Å². The molecule has 1 rings (SSSR count). The summed E-state index contributed by atoms with van der Waals surface area (Å²) in [6.07, 6.45) is 0. The minimum atomic E-state index is -0.756. The fourth-order valence-corrected chi connectivity index (χ4v) is 1.21. The molecule has 17 heavy (non-hydrogen) atoms. The molecule has 0 aliphatic heterocycles. The predicted molar refractivity (Wildman–Crippen MR) is 58.9 cm³/mol. The van der Waals surface area contributed by atoms with Gasteiger partial charge in [0, 0.05) is 0 Å². The van der Waals surface area contributed by atoms with Gasteiger partial charge in [-0.3, -0.25) is 9.78 Å². The summed E-state index contributed by atoms with van der Waals surface area (Å²) in [6, 6.07) is 3.01. The summed E-state index contributed by atoms with van der Waals surface area (Å²) in [4.78, 5) is 25.3. The van der Waals surface area contributed by atoms with Gasteiger partial charge in [0.05, 0.1) is 13.2 Å². The maximum atomic E-state index is 11.6. The van der Waals surface area contributed by atoms with Crippen molar-refractivity contribution in [1.82, 2.24) is 4.98 Å². The second-order valence-electron chi connectivity index (χ2n) is 3.02. The molecule has 1 heterocycles. The van der Waals surface area contributed by atoms with Crippen molar-refractivity contribution in [2.75, 3.05) is 13.2 Å². The maximum absolute atomic E-state index is 11.6. The van der Waals surface area contributed by atoms with E-state index in [2.05, 4.69) is 4.98 Å². The Balaban J connectivity index is 3.23. The molecule has 0 saturated heterocycles. The lowest BCUT2D eigenvalue weighted by Gasteiger charge is -2.06. The number of rotatable bonds is 4. The molecule has 0 saturated carbocycles. The van der Waals surface area contributed by atoms with Crippen molar-refractivity contribution in [3.63, 3.8) is 0 Å². The number of ether oxygens (including phenoxy) is 2. The third-order valence-corrected chi connectivity index (χ3v) is 1.91. The minimum absolute atomic E-state index is 0.0630. The first-order valence-corrected chi connectivity index (χ1v) is 5.11. The zero-order valence-electron chi connectivity index (χ0n) is 9.57. The van der Waals surface area contributed by atoms with E-state index in [1.807, 2.05) is 6.07 Å². The predicted octanol–water partition coefficient (Wildman–Crippen LogP) is 0.822. The Morgan fingerprint density at radius 3 is 2.71 bits per heavy atom. The number of pyridine rings is 1. The molecular weight excluding hydrogens is 224 g/mol. The Kier molecular flexibility index (Phi) is 4.29. The highest BCUT2D eigenvalue weighted by Gasteiger charge is 2.16. The van der Waals surface area contributed by atoms with Crippen LogP contribution in [0.25, 0.3) is 0 Å². The average molecular weight is 236 g/mol. The highest BCUT2D eigenvalue weighted by molar-refractivity contribution is 5.89. The van der Waals surface area contributed by atoms with Crippen LogP contribution in [0.3, 0.4) is 0 Å². The summed E-state index contributed by atoms with van der Waals surface area (Å²) in [5, 5.41) is 8.87. The van der Waals surface area contributed by atoms with Crippen LogP contribution in [0.4, 0.5) is 0 Å². The summed E-state index contributed by atoms with van der Waals surface area (Å²) in [7, 11) is 0. The van der Waals surface area contributed by atoms with E-state index < -0.39 is 11.5 Å². The average Bonchev–Trinajstić information content (AvgIpc) is 2.30. The monoisotopic (exact) mass is 236 g/mol. The van der Waals surface area contributed by atoms with Crippen molar-refractivity contribution in [1.29, 1.82) is 5.26 Å². The van der Waals surface area contributed by atoms with Crippen LogP contribution >= 0.6 is 0 Å². The molecular formula is C11H12N2O4. The number of hydrogen-bond donors (Lipinski definition) is 1. The van der Waals surface area contributed by atoms with E-state index in [-0.39, 0.29) is 23.6 Å². The third-order valence-electron chi connectivity index (χ3n) is 1.91. The van der Waals surface area contributed by atoms with Crippen molar-refractivity contribution in [3.05, 3.63) is 27.5 Å². The summed E-state index contributed by atoms with van der Waals surface area (Å²) in [6.45, 7) is 3.82. The first-order valence-electron chi connectivity index (χ1n) is 5.11. The van der Waals surface area contributed by atoms with E-state index in [1.54, 1.807) is 13.8 Å². The summed E-state index contributed by atoms with van der Waals surface area (Å²) in [5.74, 6) is -0.693. The van der Waals surface area contributed by atoms with E-state index >= 15 is 0 Å². The molecule has 0 fully saturated rings. The van der Waals surface area contributed by atoms with Gasteiger partial charge < -0.3 is 9.47 Å². The van der Waals surface area contributed by atoms with Gasteiger partial charge in [-0.05, 0) is 19.9 Å². The van der Waals surface area contributed by atoms with Gasteiger partial charge in [0.25, 0.3) is 5.56 Å². The van der Waals surface area contributed by atoms with E-state index in [0.29, 0.717) is 6.61 Å². The van der Waals surface area contributed by atoms with Crippen LogP contribution in [0.5, 0.6) is 5.88 Å². The maximum Gasteiger partial charge on any atom is 0.343 e. The first kappa shape index (κ1) is 12.8. The molecule has 0 unspecified atom stereocenters. The molecule has 0 bridgehead atoms. The number of carbonyl (C=O) groups excluding carboxylic acids is 1. The molecule has 0 spiro atoms. The van der Waals surface area contributed by atoms with Crippen LogP contribution < -0.4 is 10.3 Å². The number of nitriles is 1. The van der Waals surface area contributed by atoms with Gasteiger partial charge in [0.1, 0.15) is 17.2 Å². The molecule has 0 radical (unpaired) electrons. The lowest BCUT2D eigenvalue weighted by atomic mass is 10.2. The molecule has 0 amide bonds. The molecule has 0 atom stereocenters. The number of H-pyrrole nitrogens is 1. The number of aromatic amines is 1. The van der Waals surface area contributed by atoms with Crippen LogP contribution in [0.1, 0.15) is 29.8 Å². The zero-order valence-corrected chi connectivity index (χ0v) is 9.57. The number of esters is 1. The second-order valence-corrected chi connectivity index (χ2v) is 3.02. The Hall–Kier alpha value is -2.29. The molecule has 1 N–H and O–H groups in total. The number of hydrogen-bond acceptors (Lipinski definition) is 5. The summed E-state index contributed by atoms with van der Waals surface area (Å²) >= 11 is 0. The molecule has 0 aromatic carbocycles. The lowest BCUT2D eigenvalue weighted by Crippen LogP contribution is -2.21. The Bertz CT molecular complexity index is 513. The minimum Gasteiger partial charge on any atom is -0.478 e. The molecule has 0 aliphatic rings. The molecule has 1 aromatic heterocycles. The zero-order chi connectivity index (χ0) is 12.8. The van der Waals surface area contributed by atoms with Crippen LogP contribution in [-0.4, -0.2) is 24.2 Å². The number of nitrogens with zero attached hydrogens (tertiary/aromatic N) is 1. The Morgan fingerprint density at radius 1 is 1.47 bits per heavy atom. The van der Waals surface area contributed by atoms with Crippen molar-refractivity contribution < 1.29 is 14.3 Å². The first-order chi connectivity index (χ1) is 8.13. The summed E-state index contributed by atoms with van der Waals surface area (Å²) in [5.41, 5.74) is -0.743. The second kappa shape index (κ2) is 5.70. The number of aromatic nitrogens is 1.